The number of aromatic hydroxyl groups is 1. The number of para-hydroxylation sites is 1. The maximum Gasteiger partial charge on any atom is 0.395 e. The van der Waals surface area contributed by atoms with Gasteiger partial charge in [0.2, 0.25) is 5.91 Å². The van der Waals surface area contributed by atoms with E-state index in [0.717, 1.165) is 4.90 Å². The van der Waals surface area contributed by atoms with Crippen molar-refractivity contribution in [3.63, 3.8) is 0 Å². The van der Waals surface area contributed by atoms with Gasteiger partial charge >= 0.3 is 23.8 Å². The summed E-state index contributed by atoms with van der Waals surface area (Å²) in [5, 5.41) is 32.1. The van der Waals surface area contributed by atoms with E-state index in [2.05, 4.69) is 10.1 Å². The number of methoxy groups -OCH3 is 1. The SMILES string of the molecule is CCc1cc(C[C@H](N)C(=O)NCCCCOc2cc(Cl)cc(O)c2C(=O)OC)ccc1N(C(=O)C(=O)O)c1ccccc1C(=O)O. The number of carbonyl (C=O) groups is 5. The summed E-state index contributed by atoms with van der Waals surface area (Å²) in [5.41, 5.74) is 7.05. The van der Waals surface area contributed by atoms with Crippen LogP contribution in [0, 0.1) is 0 Å². The van der Waals surface area contributed by atoms with Crippen LogP contribution in [0.15, 0.2) is 54.6 Å². The van der Waals surface area contributed by atoms with Crippen molar-refractivity contribution >= 4 is 52.7 Å². The van der Waals surface area contributed by atoms with Gasteiger partial charge < -0.3 is 35.8 Å². The van der Waals surface area contributed by atoms with Crippen LogP contribution < -0.4 is 20.7 Å². The number of nitrogens with two attached hydrogens (primary N) is 1. The molecule has 0 saturated carbocycles. The van der Waals surface area contributed by atoms with E-state index in [1.165, 1.54) is 49.6 Å². The smallest absolute Gasteiger partial charge is 0.395 e. The van der Waals surface area contributed by atoms with Crippen molar-refractivity contribution in [1.82, 2.24) is 5.32 Å². The maximum absolute atomic E-state index is 12.8. The Bertz CT molecular complexity index is 1630. The highest BCUT2D eigenvalue weighted by Crippen LogP contribution is 2.34. The van der Waals surface area contributed by atoms with Gasteiger partial charge in [-0.3, -0.25) is 14.5 Å². The molecule has 0 bridgehead atoms. The predicted octanol–water partition coefficient (Wildman–Crippen LogP) is 3.69. The fourth-order valence-electron chi connectivity index (χ4n) is 4.65. The van der Waals surface area contributed by atoms with Gasteiger partial charge in [0.05, 0.1) is 36.7 Å². The van der Waals surface area contributed by atoms with Gasteiger partial charge in [-0.05, 0) is 67.1 Å². The first-order chi connectivity index (χ1) is 21.9. The number of phenolic OH excluding ortho intramolecular Hbond substituents is 1. The number of aromatic carboxylic acids is 1. The van der Waals surface area contributed by atoms with Gasteiger partial charge in [0, 0.05) is 11.6 Å². The second-order valence-corrected chi connectivity index (χ2v) is 10.5. The molecule has 1 atom stereocenters. The normalized spacial score (nSPS) is 11.3. The lowest BCUT2D eigenvalue weighted by Gasteiger charge is -2.25. The van der Waals surface area contributed by atoms with Crippen LogP contribution in [0.5, 0.6) is 11.5 Å². The van der Waals surface area contributed by atoms with Crippen LogP contribution in [0.3, 0.4) is 0 Å². The molecule has 0 aliphatic heterocycles. The predicted molar refractivity (Wildman–Crippen MR) is 168 cm³/mol. The molecule has 0 radical (unpaired) electrons. The Morgan fingerprint density at radius 1 is 1.00 bits per heavy atom. The largest absolute Gasteiger partial charge is 0.507 e. The highest BCUT2D eigenvalue weighted by molar-refractivity contribution is 6.39. The van der Waals surface area contributed by atoms with Crippen molar-refractivity contribution in [1.29, 1.82) is 0 Å². The van der Waals surface area contributed by atoms with Gasteiger partial charge in [-0.15, -0.1) is 0 Å². The lowest BCUT2D eigenvalue weighted by atomic mass is 9.99. The molecule has 6 N–H and O–H groups in total. The summed E-state index contributed by atoms with van der Waals surface area (Å²) in [6, 6.07) is 12.1. The summed E-state index contributed by atoms with van der Waals surface area (Å²) in [6.07, 6.45) is 1.50. The molecule has 0 spiro atoms. The van der Waals surface area contributed by atoms with E-state index >= 15 is 0 Å². The molecule has 0 aliphatic rings. The fourth-order valence-corrected chi connectivity index (χ4v) is 4.85. The molecule has 3 aromatic carbocycles. The molecule has 0 aromatic heterocycles. The topological polar surface area (TPSA) is 206 Å². The van der Waals surface area contributed by atoms with Crippen LogP contribution in [-0.4, -0.2) is 71.3 Å². The lowest BCUT2D eigenvalue weighted by molar-refractivity contribution is -0.148. The number of benzene rings is 3. The molecule has 14 heteroatoms. The molecule has 3 aromatic rings. The third kappa shape index (κ3) is 8.73. The van der Waals surface area contributed by atoms with E-state index in [0.29, 0.717) is 30.4 Å². The number of aliphatic carboxylic acids is 1. The highest BCUT2D eigenvalue weighted by Gasteiger charge is 2.29. The number of carboxylic acids is 2. The summed E-state index contributed by atoms with van der Waals surface area (Å²) >= 11 is 5.95. The molecule has 2 amide bonds. The van der Waals surface area contributed by atoms with E-state index in [1.807, 2.05) is 0 Å². The summed E-state index contributed by atoms with van der Waals surface area (Å²) < 4.78 is 10.3. The second kappa shape index (κ2) is 16.3. The van der Waals surface area contributed by atoms with Gasteiger partial charge in [-0.25, -0.2) is 14.4 Å². The monoisotopic (exact) mass is 655 g/mol. The van der Waals surface area contributed by atoms with Crippen molar-refractivity contribution in [3.05, 3.63) is 81.9 Å². The average Bonchev–Trinajstić information content (AvgIpc) is 3.02. The van der Waals surface area contributed by atoms with Crippen molar-refractivity contribution in [2.75, 3.05) is 25.2 Å². The van der Waals surface area contributed by atoms with Crippen LogP contribution in [-0.2, 0) is 32.0 Å². The van der Waals surface area contributed by atoms with Crippen LogP contribution in [0.25, 0.3) is 0 Å². The zero-order valence-electron chi connectivity index (χ0n) is 25.1. The van der Waals surface area contributed by atoms with E-state index in [1.54, 1.807) is 19.1 Å². The Labute approximate surface area is 269 Å². The molecular formula is C32H34ClN3O10. The van der Waals surface area contributed by atoms with Gasteiger partial charge in [-0.2, -0.15) is 0 Å². The number of amides is 2. The first kappa shape index (κ1) is 35.3. The number of nitrogens with zero attached hydrogens (tertiary/aromatic N) is 1. The third-order valence-electron chi connectivity index (χ3n) is 6.88. The number of anilines is 2. The van der Waals surface area contributed by atoms with Gasteiger partial charge in [-0.1, -0.05) is 42.8 Å². The van der Waals surface area contributed by atoms with Crippen molar-refractivity contribution in [2.45, 2.75) is 38.6 Å². The molecular weight excluding hydrogens is 622 g/mol. The molecule has 0 heterocycles. The molecule has 46 heavy (non-hydrogen) atoms. The summed E-state index contributed by atoms with van der Waals surface area (Å²) in [6.45, 7) is 2.24. The minimum atomic E-state index is -1.76. The number of halogens is 1. The van der Waals surface area contributed by atoms with Crippen LogP contribution in [0.1, 0.15) is 51.6 Å². The third-order valence-corrected chi connectivity index (χ3v) is 7.10. The summed E-state index contributed by atoms with van der Waals surface area (Å²) in [5.74, 6) is -5.90. The van der Waals surface area contributed by atoms with Crippen LogP contribution in [0.4, 0.5) is 11.4 Å². The number of unbranched alkanes of at least 4 members (excludes halogenated alkanes) is 1. The standard InChI is InChI=1S/C32H34ClN3O10/c1-3-19-14-18(10-11-23(19)36(29(39)31(42)43)24-9-5-4-8-21(24)30(40)41)15-22(34)28(38)35-12-6-7-13-46-26-17-20(33)16-25(37)27(26)32(44)45-2/h4-5,8-11,14,16-17,22,37H,3,6-7,12-13,15,34H2,1-2H3,(H,35,38)(H,40,41)(H,42,43)/t22-/m0/s1. The average molecular weight is 656 g/mol. The van der Waals surface area contributed by atoms with E-state index in [-0.39, 0.29) is 58.6 Å². The lowest BCUT2D eigenvalue weighted by Crippen LogP contribution is -2.42. The fraction of sp³-hybridized carbons (Fsp3) is 0.281. The minimum absolute atomic E-state index is 0.0712. The molecule has 0 fully saturated rings. The zero-order valence-corrected chi connectivity index (χ0v) is 25.9. The summed E-state index contributed by atoms with van der Waals surface area (Å²) in [4.78, 5) is 61.8. The summed E-state index contributed by atoms with van der Waals surface area (Å²) in [7, 11) is 1.17. The first-order valence-corrected chi connectivity index (χ1v) is 14.6. The Kier molecular flexibility index (Phi) is 12.5. The highest BCUT2D eigenvalue weighted by atomic mass is 35.5. The number of carbonyl (C=O) groups excluding carboxylic acids is 3. The number of hydrogen-bond acceptors (Lipinski definition) is 9. The van der Waals surface area contributed by atoms with Gasteiger partial charge in [0.25, 0.3) is 0 Å². The zero-order chi connectivity index (χ0) is 34.0. The van der Waals surface area contributed by atoms with Gasteiger partial charge in [0.1, 0.15) is 17.1 Å². The molecule has 13 nitrogen and oxygen atoms in total. The number of phenols is 1. The molecule has 0 unspecified atom stereocenters. The Morgan fingerprint density at radius 2 is 1.72 bits per heavy atom. The second-order valence-electron chi connectivity index (χ2n) is 10.0. The maximum atomic E-state index is 12.8. The van der Waals surface area contributed by atoms with Crippen molar-refractivity contribution in [2.24, 2.45) is 5.73 Å². The molecule has 0 saturated heterocycles. The van der Waals surface area contributed by atoms with Crippen molar-refractivity contribution in [3.8, 4) is 11.5 Å². The number of nitrogens with one attached hydrogen (secondary N) is 1. The number of esters is 1. The number of hydrogen-bond donors (Lipinski definition) is 5. The number of ether oxygens (including phenoxy) is 2. The quantitative estimate of drug-likeness (QED) is 0.0961. The van der Waals surface area contributed by atoms with Crippen LogP contribution in [0.2, 0.25) is 5.02 Å². The Morgan fingerprint density at radius 3 is 2.37 bits per heavy atom. The Balaban J connectivity index is 1.62. The Hall–Kier alpha value is -5.14. The van der Waals surface area contributed by atoms with Crippen LogP contribution >= 0.6 is 11.6 Å². The van der Waals surface area contributed by atoms with E-state index < -0.39 is 35.8 Å². The van der Waals surface area contributed by atoms with E-state index in [9.17, 15) is 39.3 Å². The first-order valence-electron chi connectivity index (χ1n) is 14.2. The molecule has 3 rings (SSSR count). The number of carboxylic acid groups (broad SMARTS) is 2. The van der Waals surface area contributed by atoms with E-state index in [4.69, 9.17) is 22.1 Å². The van der Waals surface area contributed by atoms with Gasteiger partial charge in [0.15, 0.2) is 0 Å². The molecule has 244 valence electrons. The number of rotatable bonds is 14. The minimum Gasteiger partial charge on any atom is -0.507 e. The molecule has 0 aliphatic carbocycles. The van der Waals surface area contributed by atoms with Crippen molar-refractivity contribution < 1.29 is 48.8 Å². The number of aryl methyl sites for hydroxylation is 1.